The van der Waals surface area contributed by atoms with Crippen molar-refractivity contribution in [2.24, 2.45) is 0 Å². The van der Waals surface area contributed by atoms with Crippen molar-refractivity contribution < 1.29 is 10.2 Å². The molecule has 0 aromatic heterocycles. The quantitative estimate of drug-likeness (QED) is 0.619. The maximum Gasteiger partial charge on any atom is 0.133 e. The standard InChI is InChI=1S/C8H7NO2/c9-4-7-3-6(5-10)1-2-8(7)11/h1-3,10-11H,5H2. The molecule has 0 amide bonds. The Morgan fingerprint density at radius 3 is 2.73 bits per heavy atom. The number of aliphatic hydroxyl groups is 1. The molecular formula is C8H7NO2. The molecule has 0 fully saturated rings. The molecule has 1 aromatic rings. The van der Waals surface area contributed by atoms with E-state index < -0.39 is 0 Å². The highest BCUT2D eigenvalue weighted by Gasteiger charge is 1.99. The van der Waals surface area contributed by atoms with Gasteiger partial charge in [-0.1, -0.05) is 6.07 Å². The Morgan fingerprint density at radius 2 is 2.18 bits per heavy atom. The molecule has 0 spiro atoms. The molecule has 0 aliphatic heterocycles. The normalized spacial score (nSPS) is 9.09. The van der Waals surface area contributed by atoms with Crippen LogP contribution in [0.1, 0.15) is 11.1 Å². The number of phenols is 1. The molecule has 0 atom stereocenters. The average Bonchev–Trinajstić information content (AvgIpc) is 2.05. The van der Waals surface area contributed by atoms with Gasteiger partial charge in [0.1, 0.15) is 11.8 Å². The lowest BCUT2D eigenvalue weighted by atomic mass is 10.1. The first-order valence-corrected chi connectivity index (χ1v) is 3.11. The van der Waals surface area contributed by atoms with Gasteiger partial charge in [-0.2, -0.15) is 5.26 Å². The van der Waals surface area contributed by atoms with Crippen molar-refractivity contribution in [2.45, 2.75) is 6.61 Å². The van der Waals surface area contributed by atoms with Crippen molar-refractivity contribution in [1.29, 1.82) is 5.26 Å². The summed E-state index contributed by atoms with van der Waals surface area (Å²) in [6.45, 7) is -0.116. The highest BCUT2D eigenvalue weighted by molar-refractivity contribution is 5.44. The molecule has 11 heavy (non-hydrogen) atoms. The van der Waals surface area contributed by atoms with E-state index >= 15 is 0 Å². The maximum absolute atomic E-state index is 9.03. The molecule has 56 valence electrons. The SMILES string of the molecule is N#Cc1cc(CO)ccc1O. The van der Waals surface area contributed by atoms with Crippen LogP contribution in [0.4, 0.5) is 0 Å². The number of nitrogens with zero attached hydrogens (tertiary/aromatic N) is 1. The molecule has 3 heteroatoms. The fraction of sp³-hybridized carbons (Fsp3) is 0.125. The number of nitriles is 1. The highest BCUT2D eigenvalue weighted by atomic mass is 16.3. The Labute approximate surface area is 64.1 Å². The van der Waals surface area contributed by atoms with Crippen LogP contribution in [-0.2, 0) is 6.61 Å². The molecule has 2 N–H and O–H groups in total. The largest absolute Gasteiger partial charge is 0.507 e. The molecule has 1 rings (SSSR count). The van der Waals surface area contributed by atoms with Crippen LogP contribution in [0.25, 0.3) is 0 Å². The van der Waals surface area contributed by atoms with E-state index in [1.54, 1.807) is 6.07 Å². The number of hydrogen-bond acceptors (Lipinski definition) is 3. The monoisotopic (exact) mass is 149 g/mol. The van der Waals surface area contributed by atoms with Gasteiger partial charge in [0.15, 0.2) is 0 Å². The third-order valence-electron chi connectivity index (χ3n) is 1.36. The Bertz CT molecular complexity index is 301. The van der Waals surface area contributed by atoms with Gasteiger partial charge in [0.2, 0.25) is 0 Å². The molecule has 0 unspecified atom stereocenters. The second kappa shape index (κ2) is 3.04. The minimum absolute atomic E-state index is 0.0512. The van der Waals surface area contributed by atoms with E-state index in [1.807, 2.05) is 6.07 Å². The summed E-state index contributed by atoms with van der Waals surface area (Å²) in [7, 11) is 0. The van der Waals surface area contributed by atoms with Gasteiger partial charge in [0, 0.05) is 0 Å². The summed E-state index contributed by atoms with van der Waals surface area (Å²) in [5.41, 5.74) is 0.816. The maximum atomic E-state index is 9.03. The zero-order valence-electron chi connectivity index (χ0n) is 5.78. The second-order valence-electron chi connectivity index (χ2n) is 2.12. The Hall–Kier alpha value is -1.53. The van der Waals surface area contributed by atoms with Crippen molar-refractivity contribution in [1.82, 2.24) is 0 Å². The van der Waals surface area contributed by atoms with Gasteiger partial charge < -0.3 is 10.2 Å². The molecular weight excluding hydrogens is 142 g/mol. The van der Waals surface area contributed by atoms with Gasteiger partial charge in [0.05, 0.1) is 12.2 Å². The first-order valence-electron chi connectivity index (χ1n) is 3.11. The predicted octanol–water partition coefficient (Wildman–Crippen LogP) is 0.756. The Balaban J connectivity index is 3.15. The molecule has 3 nitrogen and oxygen atoms in total. The number of benzene rings is 1. The van der Waals surface area contributed by atoms with Crippen molar-refractivity contribution in [3.05, 3.63) is 29.3 Å². The van der Waals surface area contributed by atoms with Gasteiger partial charge in [-0.25, -0.2) is 0 Å². The molecule has 0 saturated heterocycles. The van der Waals surface area contributed by atoms with Crippen molar-refractivity contribution in [3.8, 4) is 11.8 Å². The molecule has 0 aliphatic carbocycles. The summed E-state index contributed by atoms with van der Waals surface area (Å²) in [5, 5.41) is 26.1. The van der Waals surface area contributed by atoms with E-state index in [4.69, 9.17) is 15.5 Å². The summed E-state index contributed by atoms with van der Waals surface area (Å²) in [6.07, 6.45) is 0. The second-order valence-corrected chi connectivity index (χ2v) is 2.12. The number of phenolic OH excluding ortho intramolecular Hbond substituents is 1. The number of aliphatic hydroxyl groups excluding tert-OH is 1. The summed E-state index contributed by atoms with van der Waals surface area (Å²) in [6, 6.07) is 6.22. The first kappa shape index (κ1) is 7.58. The summed E-state index contributed by atoms with van der Waals surface area (Å²) in [4.78, 5) is 0. The van der Waals surface area contributed by atoms with E-state index in [-0.39, 0.29) is 17.9 Å². The Kier molecular flexibility index (Phi) is 2.09. The van der Waals surface area contributed by atoms with Gasteiger partial charge in [0.25, 0.3) is 0 Å². The van der Waals surface area contributed by atoms with Crippen LogP contribution in [0.15, 0.2) is 18.2 Å². The average molecular weight is 149 g/mol. The lowest BCUT2D eigenvalue weighted by Gasteiger charge is -1.97. The van der Waals surface area contributed by atoms with E-state index in [0.717, 1.165) is 0 Å². The van der Waals surface area contributed by atoms with Gasteiger partial charge in [-0.15, -0.1) is 0 Å². The van der Waals surface area contributed by atoms with Crippen LogP contribution in [0, 0.1) is 11.3 Å². The molecule has 0 saturated carbocycles. The lowest BCUT2D eigenvalue weighted by Crippen LogP contribution is -1.84. The zero-order valence-corrected chi connectivity index (χ0v) is 5.78. The van der Waals surface area contributed by atoms with Crippen LogP contribution in [-0.4, -0.2) is 10.2 Å². The minimum Gasteiger partial charge on any atom is -0.507 e. The fourth-order valence-corrected chi connectivity index (χ4v) is 0.771. The van der Waals surface area contributed by atoms with Crippen LogP contribution in [0.5, 0.6) is 5.75 Å². The molecule has 0 radical (unpaired) electrons. The van der Waals surface area contributed by atoms with Crippen molar-refractivity contribution in [3.63, 3.8) is 0 Å². The fourth-order valence-electron chi connectivity index (χ4n) is 0.771. The minimum atomic E-state index is -0.116. The van der Waals surface area contributed by atoms with Gasteiger partial charge in [-0.05, 0) is 17.7 Å². The van der Waals surface area contributed by atoms with Crippen LogP contribution in [0.3, 0.4) is 0 Å². The first-order chi connectivity index (χ1) is 5.27. The van der Waals surface area contributed by atoms with Crippen LogP contribution < -0.4 is 0 Å². The van der Waals surface area contributed by atoms with E-state index in [0.29, 0.717) is 5.56 Å². The van der Waals surface area contributed by atoms with E-state index in [2.05, 4.69) is 0 Å². The molecule has 0 heterocycles. The molecule has 0 bridgehead atoms. The topological polar surface area (TPSA) is 64.2 Å². The molecule has 1 aromatic carbocycles. The van der Waals surface area contributed by atoms with Gasteiger partial charge in [-0.3, -0.25) is 0 Å². The third kappa shape index (κ3) is 1.48. The number of rotatable bonds is 1. The van der Waals surface area contributed by atoms with Gasteiger partial charge >= 0.3 is 0 Å². The zero-order chi connectivity index (χ0) is 8.27. The van der Waals surface area contributed by atoms with Crippen molar-refractivity contribution >= 4 is 0 Å². The highest BCUT2D eigenvalue weighted by Crippen LogP contribution is 2.16. The smallest absolute Gasteiger partial charge is 0.133 e. The Morgan fingerprint density at radius 1 is 1.45 bits per heavy atom. The molecule has 0 aliphatic rings. The van der Waals surface area contributed by atoms with E-state index in [9.17, 15) is 0 Å². The predicted molar refractivity (Wildman–Crippen MR) is 38.7 cm³/mol. The summed E-state index contributed by atoms with van der Waals surface area (Å²) < 4.78 is 0. The third-order valence-corrected chi connectivity index (χ3v) is 1.36. The number of aromatic hydroxyl groups is 1. The van der Waals surface area contributed by atoms with E-state index in [1.165, 1.54) is 12.1 Å². The van der Waals surface area contributed by atoms with Crippen LogP contribution in [0.2, 0.25) is 0 Å². The summed E-state index contributed by atoms with van der Waals surface area (Å²) in [5.74, 6) is -0.0512. The number of hydrogen-bond donors (Lipinski definition) is 2. The van der Waals surface area contributed by atoms with Crippen molar-refractivity contribution in [2.75, 3.05) is 0 Å². The lowest BCUT2D eigenvalue weighted by molar-refractivity contribution is 0.281. The summed E-state index contributed by atoms with van der Waals surface area (Å²) >= 11 is 0. The van der Waals surface area contributed by atoms with Crippen LogP contribution >= 0.6 is 0 Å².